The molecular weight excluding hydrogens is 350 g/mol. The van der Waals surface area contributed by atoms with Crippen molar-refractivity contribution in [2.45, 2.75) is 6.54 Å². The molecule has 24 heavy (non-hydrogen) atoms. The first-order valence-electron chi connectivity index (χ1n) is 7.16. The van der Waals surface area contributed by atoms with Gasteiger partial charge < -0.3 is 10.1 Å². The number of anilines is 1. The highest BCUT2D eigenvalue weighted by atomic mass is 35.5. The molecule has 122 valence electrons. The van der Waals surface area contributed by atoms with Crippen LogP contribution in [0.5, 0.6) is 11.5 Å². The lowest BCUT2D eigenvalue weighted by Gasteiger charge is -2.11. The van der Waals surface area contributed by atoms with Crippen molar-refractivity contribution in [3.63, 3.8) is 0 Å². The molecule has 0 spiro atoms. The molecule has 3 rings (SSSR count). The normalized spacial score (nSPS) is 10.5. The van der Waals surface area contributed by atoms with Crippen molar-refractivity contribution in [2.75, 3.05) is 5.32 Å². The summed E-state index contributed by atoms with van der Waals surface area (Å²) in [6, 6.07) is 14.0. The Morgan fingerprint density at radius 3 is 2.62 bits per heavy atom. The molecule has 0 bridgehead atoms. The molecule has 0 atom stereocenters. The van der Waals surface area contributed by atoms with Crippen LogP contribution in [-0.4, -0.2) is 4.98 Å². The van der Waals surface area contributed by atoms with Crippen LogP contribution in [0.2, 0.25) is 10.0 Å². The number of benzene rings is 2. The van der Waals surface area contributed by atoms with Gasteiger partial charge in [0.15, 0.2) is 0 Å². The fourth-order valence-electron chi connectivity index (χ4n) is 2.16. The summed E-state index contributed by atoms with van der Waals surface area (Å²) in [5.41, 5.74) is 1.82. The van der Waals surface area contributed by atoms with Crippen LogP contribution in [0.1, 0.15) is 5.56 Å². The molecule has 0 fully saturated rings. The lowest BCUT2D eigenvalue weighted by Crippen LogP contribution is -1.99. The van der Waals surface area contributed by atoms with Gasteiger partial charge in [-0.3, -0.25) is 4.98 Å². The fourth-order valence-corrected chi connectivity index (χ4v) is 2.60. The zero-order valence-corrected chi connectivity index (χ0v) is 14.0. The number of halogens is 3. The van der Waals surface area contributed by atoms with Gasteiger partial charge in [-0.25, -0.2) is 4.39 Å². The third-order valence-corrected chi connectivity index (χ3v) is 3.63. The van der Waals surface area contributed by atoms with Crippen LogP contribution >= 0.6 is 23.2 Å². The van der Waals surface area contributed by atoms with Crippen molar-refractivity contribution in [1.29, 1.82) is 0 Å². The monoisotopic (exact) mass is 362 g/mol. The van der Waals surface area contributed by atoms with Crippen molar-refractivity contribution in [3.05, 3.63) is 82.4 Å². The Kier molecular flexibility index (Phi) is 5.18. The van der Waals surface area contributed by atoms with Gasteiger partial charge in [-0.1, -0.05) is 35.3 Å². The first-order valence-corrected chi connectivity index (χ1v) is 7.91. The Balaban J connectivity index is 1.73. The molecule has 1 aromatic heterocycles. The van der Waals surface area contributed by atoms with E-state index < -0.39 is 5.82 Å². The SMILES string of the molecule is Fc1cncc(Oc2cc(Cl)cc(NCc3cccc(Cl)c3)c2)c1. The van der Waals surface area contributed by atoms with Crippen LogP contribution in [0.4, 0.5) is 10.1 Å². The summed E-state index contributed by atoms with van der Waals surface area (Å²) in [7, 11) is 0. The lowest BCUT2D eigenvalue weighted by atomic mass is 10.2. The summed E-state index contributed by atoms with van der Waals surface area (Å²) in [5.74, 6) is 0.329. The second-order valence-electron chi connectivity index (χ2n) is 5.10. The molecule has 0 aliphatic carbocycles. The van der Waals surface area contributed by atoms with Gasteiger partial charge in [-0.2, -0.15) is 0 Å². The van der Waals surface area contributed by atoms with Crippen molar-refractivity contribution in [1.82, 2.24) is 4.98 Å². The van der Waals surface area contributed by atoms with Crippen LogP contribution in [0.15, 0.2) is 60.9 Å². The number of nitrogens with one attached hydrogen (secondary N) is 1. The molecule has 0 unspecified atom stereocenters. The molecule has 0 amide bonds. The van der Waals surface area contributed by atoms with Gasteiger partial charge in [0.05, 0.1) is 12.4 Å². The van der Waals surface area contributed by atoms with E-state index in [-0.39, 0.29) is 0 Å². The Morgan fingerprint density at radius 1 is 0.958 bits per heavy atom. The summed E-state index contributed by atoms with van der Waals surface area (Å²) in [6.45, 7) is 0.585. The number of hydrogen-bond acceptors (Lipinski definition) is 3. The largest absolute Gasteiger partial charge is 0.456 e. The molecule has 2 aromatic carbocycles. The maximum atomic E-state index is 13.2. The number of pyridine rings is 1. The summed E-state index contributed by atoms with van der Waals surface area (Å²) < 4.78 is 18.8. The molecule has 1 N–H and O–H groups in total. The molecule has 0 aliphatic rings. The van der Waals surface area contributed by atoms with E-state index in [1.54, 1.807) is 18.2 Å². The average molecular weight is 363 g/mol. The summed E-state index contributed by atoms with van der Waals surface area (Å²) in [6.07, 6.45) is 2.55. The van der Waals surface area contributed by atoms with E-state index in [4.69, 9.17) is 27.9 Å². The van der Waals surface area contributed by atoms with Crippen LogP contribution in [-0.2, 0) is 6.54 Å². The second kappa shape index (κ2) is 7.51. The van der Waals surface area contributed by atoms with E-state index in [1.807, 2.05) is 24.3 Å². The first-order chi connectivity index (χ1) is 11.6. The van der Waals surface area contributed by atoms with Gasteiger partial charge in [0.25, 0.3) is 0 Å². The minimum absolute atomic E-state index is 0.304. The van der Waals surface area contributed by atoms with E-state index in [9.17, 15) is 4.39 Å². The smallest absolute Gasteiger partial charge is 0.148 e. The maximum absolute atomic E-state index is 13.2. The molecule has 1 heterocycles. The summed E-state index contributed by atoms with van der Waals surface area (Å²) in [5, 5.41) is 4.44. The minimum atomic E-state index is -0.464. The predicted octanol–water partition coefficient (Wildman–Crippen LogP) is 5.93. The third-order valence-electron chi connectivity index (χ3n) is 3.17. The van der Waals surface area contributed by atoms with Gasteiger partial charge in [0.2, 0.25) is 0 Å². The van der Waals surface area contributed by atoms with E-state index in [2.05, 4.69) is 10.3 Å². The van der Waals surface area contributed by atoms with E-state index in [0.717, 1.165) is 17.4 Å². The van der Waals surface area contributed by atoms with Gasteiger partial charge in [0.1, 0.15) is 17.3 Å². The van der Waals surface area contributed by atoms with Crippen molar-refractivity contribution < 1.29 is 9.13 Å². The molecule has 0 radical (unpaired) electrons. The Labute approximate surface area is 149 Å². The number of ether oxygens (including phenoxy) is 1. The molecular formula is C18H13Cl2FN2O. The zero-order valence-electron chi connectivity index (χ0n) is 12.5. The summed E-state index contributed by atoms with van der Waals surface area (Å²) in [4.78, 5) is 3.75. The molecule has 3 nitrogen and oxygen atoms in total. The van der Waals surface area contributed by atoms with Gasteiger partial charge >= 0.3 is 0 Å². The van der Waals surface area contributed by atoms with E-state index in [0.29, 0.717) is 28.1 Å². The molecule has 3 aromatic rings. The predicted molar refractivity (Wildman–Crippen MR) is 94.5 cm³/mol. The number of rotatable bonds is 5. The Morgan fingerprint density at radius 2 is 1.83 bits per heavy atom. The van der Waals surface area contributed by atoms with E-state index in [1.165, 1.54) is 12.3 Å². The van der Waals surface area contributed by atoms with Gasteiger partial charge in [0, 0.05) is 34.4 Å². The quantitative estimate of drug-likeness (QED) is 0.610. The van der Waals surface area contributed by atoms with Crippen LogP contribution in [0.3, 0.4) is 0 Å². The highest BCUT2D eigenvalue weighted by molar-refractivity contribution is 6.31. The van der Waals surface area contributed by atoms with Gasteiger partial charge in [-0.15, -0.1) is 0 Å². The number of aromatic nitrogens is 1. The third kappa shape index (κ3) is 4.60. The van der Waals surface area contributed by atoms with E-state index >= 15 is 0 Å². The molecule has 0 saturated heterocycles. The highest BCUT2D eigenvalue weighted by Gasteiger charge is 2.04. The van der Waals surface area contributed by atoms with Crippen molar-refractivity contribution >= 4 is 28.9 Å². The van der Waals surface area contributed by atoms with Gasteiger partial charge in [-0.05, 0) is 29.8 Å². The standard InChI is InChI=1S/C18H13Cl2FN2O/c19-13-3-1-2-12(4-13)9-23-16-5-14(20)6-17(8-16)24-18-7-15(21)10-22-11-18/h1-8,10-11,23H,9H2. The Hall–Kier alpha value is -2.30. The van der Waals surface area contributed by atoms with Crippen molar-refractivity contribution in [2.24, 2.45) is 0 Å². The summed E-state index contributed by atoms with van der Waals surface area (Å²) >= 11 is 12.1. The second-order valence-corrected chi connectivity index (χ2v) is 5.97. The number of nitrogens with zero attached hydrogens (tertiary/aromatic N) is 1. The van der Waals surface area contributed by atoms with Crippen LogP contribution < -0.4 is 10.1 Å². The maximum Gasteiger partial charge on any atom is 0.148 e. The molecule has 0 saturated carbocycles. The van der Waals surface area contributed by atoms with Crippen molar-refractivity contribution in [3.8, 4) is 11.5 Å². The topological polar surface area (TPSA) is 34.1 Å². The van der Waals surface area contributed by atoms with Crippen LogP contribution in [0, 0.1) is 5.82 Å². The lowest BCUT2D eigenvalue weighted by molar-refractivity contribution is 0.473. The average Bonchev–Trinajstić information content (AvgIpc) is 2.52. The molecule has 6 heteroatoms. The zero-order chi connectivity index (χ0) is 16.9. The fraction of sp³-hybridized carbons (Fsp3) is 0.0556. The minimum Gasteiger partial charge on any atom is -0.456 e. The number of hydrogen-bond donors (Lipinski definition) is 1. The Bertz CT molecular complexity index is 858. The van der Waals surface area contributed by atoms with Crippen LogP contribution in [0.25, 0.3) is 0 Å². The highest BCUT2D eigenvalue weighted by Crippen LogP contribution is 2.28. The molecule has 0 aliphatic heterocycles. The first kappa shape index (κ1) is 16.6.